The van der Waals surface area contributed by atoms with Crippen LogP contribution in [-0.2, 0) is 4.79 Å². The highest BCUT2D eigenvalue weighted by Crippen LogP contribution is 1.71. The Bertz CT molecular complexity index is 93.1. The second-order valence-electron chi connectivity index (χ2n) is 2.32. The van der Waals surface area contributed by atoms with Gasteiger partial charge in [-0.1, -0.05) is 6.92 Å². The molecule has 4 heteroatoms. The van der Waals surface area contributed by atoms with Gasteiger partial charge in [0.25, 0.3) is 0 Å². The molecule has 0 saturated carbocycles. The van der Waals surface area contributed by atoms with E-state index in [0.29, 0.717) is 19.5 Å². The number of Topliss-reactive ketones (excluding diaryl/α,β-unsaturated/α-hetero) is 1. The van der Waals surface area contributed by atoms with Gasteiger partial charge in [-0.05, 0) is 6.92 Å². The number of aliphatic hydroxyl groups is 1. The van der Waals surface area contributed by atoms with Crippen molar-refractivity contribution in [3.8, 4) is 0 Å². The molecule has 0 aliphatic heterocycles. The second-order valence-corrected chi connectivity index (χ2v) is 2.32. The molecule has 0 aromatic rings. The number of rotatable bonds is 5. The Labute approximate surface area is 74.1 Å². The summed E-state index contributed by atoms with van der Waals surface area (Å²) in [5.74, 6) is 0.255. The van der Waals surface area contributed by atoms with Crippen molar-refractivity contribution < 1.29 is 9.90 Å². The molecule has 0 unspecified atom stereocenters. The van der Waals surface area contributed by atoms with E-state index in [2.05, 4.69) is 5.32 Å². The van der Waals surface area contributed by atoms with Crippen molar-refractivity contribution in [3.05, 3.63) is 0 Å². The first kappa shape index (κ1) is 14.1. The van der Waals surface area contributed by atoms with Crippen LogP contribution in [0.1, 0.15) is 20.3 Å². The number of nitrogens with one attached hydrogen (secondary N) is 1. The zero-order chi connectivity index (χ0) is 9.82. The van der Waals surface area contributed by atoms with Crippen molar-refractivity contribution in [1.29, 1.82) is 0 Å². The lowest BCUT2D eigenvalue weighted by atomic mass is 10.4. The molecule has 0 aromatic heterocycles. The number of hydrogen-bond donors (Lipinski definition) is 3. The lowest BCUT2D eigenvalue weighted by Gasteiger charge is -1.95. The molecule has 0 rings (SSSR count). The van der Waals surface area contributed by atoms with Crippen LogP contribution in [-0.4, -0.2) is 37.1 Å². The summed E-state index contributed by atoms with van der Waals surface area (Å²) < 4.78 is 0. The topological polar surface area (TPSA) is 75.4 Å². The largest absolute Gasteiger partial charge is 0.395 e. The zero-order valence-corrected chi connectivity index (χ0v) is 7.97. The molecule has 0 fully saturated rings. The molecule has 0 spiro atoms. The molecular weight excluding hydrogens is 156 g/mol. The molecule has 12 heavy (non-hydrogen) atoms. The SMILES string of the molecule is CCC(C)=O.NCCNCCO. The van der Waals surface area contributed by atoms with Crippen molar-refractivity contribution in [2.24, 2.45) is 5.73 Å². The van der Waals surface area contributed by atoms with E-state index in [-0.39, 0.29) is 12.4 Å². The van der Waals surface area contributed by atoms with Crippen LogP contribution in [0.5, 0.6) is 0 Å². The van der Waals surface area contributed by atoms with Gasteiger partial charge >= 0.3 is 0 Å². The Morgan fingerprint density at radius 2 is 2.00 bits per heavy atom. The molecule has 0 aliphatic carbocycles. The summed E-state index contributed by atoms with van der Waals surface area (Å²) in [6.45, 7) is 5.71. The normalized spacial score (nSPS) is 8.67. The molecule has 0 aliphatic rings. The van der Waals surface area contributed by atoms with Gasteiger partial charge in [0.05, 0.1) is 6.61 Å². The van der Waals surface area contributed by atoms with E-state index >= 15 is 0 Å². The van der Waals surface area contributed by atoms with E-state index in [9.17, 15) is 4.79 Å². The van der Waals surface area contributed by atoms with Gasteiger partial charge in [0.15, 0.2) is 0 Å². The van der Waals surface area contributed by atoms with Crippen molar-refractivity contribution in [2.75, 3.05) is 26.2 Å². The van der Waals surface area contributed by atoms with Gasteiger partial charge in [-0.2, -0.15) is 0 Å². The smallest absolute Gasteiger partial charge is 0.129 e. The summed E-state index contributed by atoms with van der Waals surface area (Å²) in [4.78, 5) is 9.81. The molecule has 4 N–H and O–H groups in total. The third kappa shape index (κ3) is 22.7. The van der Waals surface area contributed by atoms with Crippen molar-refractivity contribution >= 4 is 5.78 Å². The molecule has 0 heterocycles. The summed E-state index contributed by atoms with van der Waals surface area (Å²) >= 11 is 0. The van der Waals surface area contributed by atoms with Crippen LogP contribution in [0.25, 0.3) is 0 Å². The maximum Gasteiger partial charge on any atom is 0.129 e. The van der Waals surface area contributed by atoms with Gasteiger partial charge in [0.2, 0.25) is 0 Å². The van der Waals surface area contributed by atoms with Gasteiger partial charge < -0.3 is 21.0 Å². The molecule has 0 bridgehead atoms. The molecular formula is C8H20N2O2. The summed E-state index contributed by atoms with van der Waals surface area (Å²) in [6, 6.07) is 0. The number of carbonyl (C=O) groups is 1. The fraction of sp³-hybridized carbons (Fsp3) is 0.875. The van der Waals surface area contributed by atoms with Crippen LogP contribution in [0.2, 0.25) is 0 Å². The Kier molecular flexibility index (Phi) is 15.5. The Hall–Kier alpha value is -0.450. The average Bonchev–Trinajstić information content (AvgIpc) is 2.07. The maximum atomic E-state index is 9.81. The highest BCUT2D eigenvalue weighted by atomic mass is 16.3. The third-order valence-corrected chi connectivity index (χ3v) is 1.11. The molecule has 0 saturated heterocycles. The van der Waals surface area contributed by atoms with Crippen LogP contribution in [0, 0.1) is 0 Å². The van der Waals surface area contributed by atoms with E-state index in [0.717, 1.165) is 6.54 Å². The van der Waals surface area contributed by atoms with Gasteiger partial charge in [0, 0.05) is 26.1 Å². The molecule has 4 nitrogen and oxygen atoms in total. The van der Waals surface area contributed by atoms with Crippen LogP contribution >= 0.6 is 0 Å². The van der Waals surface area contributed by atoms with Crippen LogP contribution < -0.4 is 11.1 Å². The van der Waals surface area contributed by atoms with Crippen LogP contribution in [0.15, 0.2) is 0 Å². The third-order valence-electron chi connectivity index (χ3n) is 1.11. The highest BCUT2D eigenvalue weighted by molar-refractivity contribution is 5.74. The number of hydrogen-bond acceptors (Lipinski definition) is 4. The highest BCUT2D eigenvalue weighted by Gasteiger charge is 1.77. The fourth-order valence-corrected chi connectivity index (χ4v) is 0.306. The van der Waals surface area contributed by atoms with E-state index in [1.54, 1.807) is 6.92 Å². The maximum absolute atomic E-state index is 9.81. The van der Waals surface area contributed by atoms with Crippen LogP contribution in [0.3, 0.4) is 0 Å². The molecule has 0 amide bonds. The summed E-state index contributed by atoms with van der Waals surface area (Å²) in [7, 11) is 0. The van der Waals surface area contributed by atoms with E-state index in [1.165, 1.54) is 0 Å². The first-order valence-corrected chi connectivity index (χ1v) is 4.20. The second kappa shape index (κ2) is 13.2. The Morgan fingerprint density at radius 3 is 2.25 bits per heavy atom. The van der Waals surface area contributed by atoms with Gasteiger partial charge in [-0.25, -0.2) is 0 Å². The fourth-order valence-electron chi connectivity index (χ4n) is 0.306. The lowest BCUT2D eigenvalue weighted by Crippen LogP contribution is -2.24. The van der Waals surface area contributed by atoms with E-state index < -0.39 is 0 Å². The summed E-state index contributed by atoms with van der Waals surface area (Å²) in [5.41, 5.74) is 5.13. The molecule has 0 aromatic carbocycles. The monoisotopic (exact) mass is 176 g/mol. The van der Waals surface area contributed by atoms with Crippen molar-refractivity contribution in [1.82, 2.24) is 5.32 Å². The first-order valence-electron chi connectivity index (χ1n) is 4.20. The number of nitrogens with two attached hydrogens (primary N) is 1. The number of aliphatic hydroxyl groups excluding tert-OH is 1. The lowest BCUT2D eigenvalue weighted by molar-refractivity contribution is -0.116. The average molecular weight is 176 g/mol. The summed E-state index contributed by atoms with van der Waals surface area (Å²) in [6.07, 6.45) is 0.667. The zero-order valence-electron chi connectivity index (χ0n) is 7.97. The number of carbonyl (C=O) groups excluding carboxylic acids is 1. The van der Waals surface area contributed by atoms with Gasteiger partial charge in [-0.15, -0.1) is 0 Å². The predicted molar refractivity (Wildman–Crippen MR) is 50.0 cm³/mol. The molecule has 0 radical (unpaired) electrons. The standard InChI is InChI=1S/C4H12N2O.C4H8O/c5-1-2-6-3-4-7;1-3-4(2)5/h6-7H,1-5H2;3H2,1-2H3. The molecule has 74 valence electrons. The molecule has 0 atom stereocenters. The van der Waals surface area contributed by atoms with E-state index in [4.69, 9.17) is 10.8 Å². The summed E-state index contributed by atoms with van der Waals surface area (Å²) in [5, 5.41) is 11.1. The van der Waals surface area contributed by atoms with Gasteiger partial charge in [0.1, 0.15) is 5.78 Å². The van der Waals surface area contributed by atoms with Crippen molar-refractivity contribution in [3.63, 3.8) is 0 Å². The minimum atomic E-state index is 0.194. The van der Waals surface area contributed by atoms with E-state index in [1.807, 2.05) is 6.92 Å². The quantitative estimate of drug-likeness (QED) is 0.494. The minimum Gasteiger partial charge on any atom is -0.395 e. The van der Waals surface area contributed by atoms with Crippen LogP contribution in [0.4, 0.5) is 0 Å². The first-order chi connectivity index (χ1) is 5.68. The Balaban J connectivity index is 0. The Morgan fingerprint density at radius 1 is 1.50 bits per heavy atom. The number of ketones is 1. The van der Waals surface area contributed by atoms with Gasteiger partial charge in [-0.3, -0.25) is 0 Å². The predicted octanol–water partition coefficient (Wildman–Crippen LogP) is -0.488. The minimum absolute atomic E-state index is 0.194. The van der Waals surface area contributed by atoms with Crippen molar-refractivity contribution in [2.45, 2.75) is 20.3 Å².